The van der Waals surface area contributed by atoms with E-state index in [4.69, 9.17) is 4.74 Å². The minimum Gasteiger partial charge on any atom is -0.467 e. The van der Waals surface area contributed by atoms with Crippen molar-refractivity contribution in [2.75, 3.05) is 33.3 Å². The van der Waals surface area contributed by atoms with Crippen molar-refractivity contribution in [3.63, 3.8) is 0 Å². The molecule has 0 aliphatic rings. The molecule has 1 atom stereocenters. The number of aryl methyl sites for hydroxylation is 1. The van der Waals surface area contributed by atoms with E-state index in [1.54, 1.807) is 0 Å². The van der Waals surface area contributed by atoms with Crippen LogP contribution in [0, 0.1) is 6.92 Å². The molecule has 0 heterocycles. The van der Waals surface area contributed by atoms with Crippen LogP contribution in [0.25, 0.3) is 0 Å². The van der Waals surface area contributed by atoms with Crippen LogP contribution in [-0.4, -0.2) is 44.2 Å². The number of methoxy groups -OCH3 is 1. The fourth-order valence-electron chi connectivity index (χ4n) is 2.39. The van der Waals surface area contributed by atoms with E-state index in [9.17, 15) is 4.79 Å². The molecule has 4 heteroatoms. The first-order chi connectivity index (χ1) is 9.97. The molecule has 1 aromatic carbocycles. The van der Waals surface area contributed by atoms with E-state index >= 15 is 0 Å². The highest BCUT2D eigenvalue weighted by molar-refractivity contribution is 5.82. The molecule has 0 aliphatic heterocycles. The second-order valence-electron chi connectivity index (χ2n) is 5.44. The van der Waals surface area contributed by atoms with Gasteiger partial charge in [-0.1, -0.05) is 43.7 Å². The lowest BCUT2D eigenvalue weighted by molar-refractivity contribution is -0.148. The van der Waals surface area contributed by atoms with Crippen LogP contribution in [0.1, 0.15) is 31.9 Å². The fourth-order valence-corrected chi connectivity index (χ4v) is 2.39. The van der Waals surface area contributed by atoms with E-state index < -0.39 is 5.54 Å². The summed E-state index contributed by atoms with van der Waals surface area (Å²) < 4.78 is 5.00. The molecule has 0 fully saturated rings. The van der Waals surface area contributed by atoms with Crippen molar-refractivity contribution in [2.24, 2.45) is 0 Å². The van der Waals surface area contributed by atoms with Crippen LogP contribution < -0.4 is 5.32 Å². The third kappa shape index (κ3) is 4.55. The summed E-state index contributed by atoms with van der Waals surface area (Å²) in [6.45, 7) is 11.9. The molecule has 0 radical (unpaired) electrons. The lowest BCUT2D eigenvalue weighted by Crippen LogP contribution is -2.49. The number of rotatable bonds is 8. The van der Waals surface area contributed by atoms with Crippen LogP contribution in [0.2, 0.25) is 0 Å². The number of esters is 1. The van der Waals surface area contributed by atoms with Gasteiger partial charge in [0.25, 0.3) is 0 Å². The largest absolute Gasteiger partial charge is 0.467 e. The normalized spacial score (nSPS) is 14.0. The molecule has 1 unspecified atom stereocenters. The van der Waals surface area contributed by atoms with Gasteiger partial charge in [0.1, 0.15) is 5.54 Å². The maximum absolute atomic E-state index is 12.2. The van der Waals surface area contributed by atoms with Crippen molar-refractivity contribution in [3.05, 3.63) is 35.4 Å². The molecule has 1 aromatic rings. The Morgan fingerprint density at radius 3 is 2.29 bits per heavy atom. The number of ether oxygens (including phenoxy) is 1. The summed E-state index contributed by atoms with van der Waals surface area (Å²) in [5, 5.41) is 3.37. The molecule has 21 heavy (non-hydrogen) atoms. The Balaban J connectivity index is 2.84. The molecule has 0 amide bonds. The van der Waals surface area contributed by atoms with Crippen LogP contribution in [-0.2, 0) is 15.1 Å². The zero-order chi connectivity index (χ0) is 15.9. The zero-order valence-corrected chi connectivity index (χ0v) is 13.9. The minimum atomic E-state index is -0.810. The summed E-state index contributed by atoms with van der Waals surface area (Å²) in [4.78, 5) is 14.6. The van der Waals surface area contributed by atoms with Crippen molar-refractivity contribution < 1.29 is 9.53 Å². The molecule has 118 valence electrons. The summed E-state index contributed by atoms with van der Waals surface area (Å²) in [5.41, 5.74) is 1.30. The number of nitrogens with zero attached hydrogens (tertiary/aromatic N) is 1. The lowest BCUT2D eigenvalue weighted by atomic mass is 9.91. The van der Waals surface area contributed by atoms with Gasteiger partial charge in [0.05, 0.1) is 7.11 Å². The Morgan fingerprint density at radius 2 is 1.81 bits per heavy atom. The Hall–Kier alpha value is -1.39. The highest BCUT2D eigenvalue weighted by Gasteiger charge is 2.35. The van der Waals surface area contributed by atoms with Crippen LogP contribution in [0.4, 0.5) is 0 Å². The fraction of sp³-hybridized carbons (Fsp3) is 0.588. The molecular formula is C17H28N2O2. The average Bonchev–Trinajstić information content (AvgIpc) is 2.51. The Bertz CT molecular complexity index is 441. The van der Waals surface area contributed by atoms with Gasteiger partial charge in [0, 0.05) is 13.1 Å². The summed E-state index contributed by atoms with van der Waals surface area (Å²) in [5.74, 6) is -0.258. The van der Waals surface area contributed by atoms with Gasteiger partial charge in [-0.25, -0.2) is 4.79 Å². The summed E-state index contributed by atoms with van der Waals surface area (Å²) >= 11 is 0. The first-order valence-corrected chi connectivity index (χ1v) is 7.60. The molecule has 0 aromatic heterocycles. The van der Waals surface area contributed by atoms with E-state index in [1.165, 1.54) is 12.7 Å². The predicted molar refractivity (Wildman–Crippen MR) is 86.3 cm³/mol. The smallest absolute Gasteiger partial charge is 0.330 e. The zero-order valence-electron chi connectivity index (χ0n) is 13.9. The highest BCUT2D eigenvalue weighted by atomic mass is 16.5. The van der Waals surface area contributed by atoms with E-state index in [1.807, 2.05) is 38.1 Å². The van der Waals surface area contributed by atoms with Crippen molar-refractivity contribution >= 4 is 5.97 Å². The van der Waals surface area contributed by atoms with E-state index in [-0.39, 0.29) is 5.97 Å². The van der Waals surface area contributed by atoms with Crippen molar-refractivity contribution in [3.8, 4) is 0 Å². The number of likely N-dealkylation sites (N-methyl/N-ethyl adjacent to an activating group) is 1. The average molecular weight is 292 g/mol. The molecule has 0 saturated carbocycles. The number of benzene rings is 1. The Kier molecular flexibility index (Phi) is 6.85. The van der Waals surface area contributed by atoms with Gasteiger partial charge in [-0.3, -0.25) is 5.32 Å². The molecule has 0 aliphatic carbocycles. The van der Waals surface area contributed by atoms with Crippen molar-refractivity contribution in [1.29, 1.82) is 0 Å². The maximum Gasteiger partial charge on any atom is 0.330 e. The van der Waals surface area contributed by atoms with Crippen LogP contribution >= 0.6 is 0 Å². The number of nitrogens with one attached hydrogen (secondary N) is 1. The molecule has 0 bridgehead atoms. The van der Waals surface area contributed by atoms with E-state index in [0.29, 0.717) is 0 Å². The quantitative estimate of drug-likeness (QED) is 0.747. The maximum atomic E-state index is 12.2. The lowest BCUT2D eigenvalue weighted by Gasteiger charge is -2.30. The van der Waals surface area contributed by atoms with E-state index in [0.717, 1.165) is 31.7 Å². The second kappa shape index (κ2) is 8.15. The number of hydrogen-bond acceptors (Lipinski definition) is 4. The Morgan fingerprint density at radius 1 is 1.24 bits per heavy atom. The van der Waals surface area contributed by atoms with Gasteiger partial charge in [-0.15, -0.1) is 0 Å². The van der Waals surface area contributed by atoms with Crippen molar-refractivity contribution in [1.82, 2.24) is 10.2 Å². The van der Waals surface area contributed by atoms with Gasteiger partial charge in [0.2, 0.25) is 0 Å². The van der Waals surface area contributed by atoms with Gasteiger partial charge in [-0.2, -0.15) is 0 Å². The third-order valence-corrected chi connectivity index (χ3v) is 4.02. The standard InChI is InChI=1S/C17H28N2O2/c1-6-19(7-2)13-12-18-17(4,16(20)21-5)15-10-8-14(3)9-11-15/h8-11,18H,6-7,12-13H2,1-5H3. The highest BCUT2D eigenvalue weighted by Crippen LogP contribution is 2.22. The second-order valence-corrected chi connectivity index (χ2v) is 5.44. The van der Waals surface area contributed by atoms with Crippen LogP contribution in [0.5, 0.6) is 0 Å². The summed E-state index contributed by atoms with van der Waals surface area (Å²) in [6, 6.07) is 8.00. The van der Waals surface area contributed by atoms with Gasteiger partial charge in [0.15, 0.2) is 0 Å². The van der Waals surface area contributed by atoms with Crippen LogP contribution in [0.15, 0.2) is 24.3 Å². The minimum absolute atomic E-state index is 0.258. The molecular weight excluding hydrogens is 264 g/mol. The number of carbonyl (C=O) groups excluding carboxylic acids is 1. The van der Waals surface area contributed by atoms with Gasteiger partial charge in [-0.05, 0) is 32.5 Å². The monoisotopic (exact) mass is 292 g/mol. The number of hydrogen-bond donors (Lipinski definition) is 1. The summed E-state index contributed by atoms with van der Waals surface area (Å²) in [7, 11) is 1.43. The first kappa shape index (κ1) is 17.7. The molecule has 0 spiro atoms. The molecule has 1 N–H and O–H groups in total. The summed E-state index contributed by atoms with van der Waals surface area (Å²) in [6.07, 6.45) is 0. The Labute approximate surface area is 128 Å². The SMILES string of the molecule is CCN(CC)CCNC(C)(C(=O)OC)c1ccc(C)cc1. The third-order valence-electron chi connectivity index (χ3n) is 4.02. The first-order valence-electron chi connectivity index (χ1n) is 7.60. The predicted octanol–water partition coefficient (Wildman–Crippen LogP) is 2.31. The van der Waals surface area contributed by atoms with Crippen molar-refractivity contribution in [2.45, 2.75) is 33.2 Å². The van der Waals surface area contributed by atoms with Gasteiger partial charge >= 0.3 is 5.97 Å². The van der Waals surface area contributed by atoms with Crippen LogP contribution in [0.3, 0.4) is 0 Å². The molecule has 4 nitrogen and oxygen atoms in total. The topological polar surface area (TPSA) is 41.6 Å². The molecule has 0 saturated heterocycles. The van der Waals surface area contributed by atoms with Gasteiger partial charge < -0.3 is 9.64 Å². The number of carbonyl (C=O) groups is 1. The van der Waals surface area contributed by atoms with E-state index in [2.05, 4.69) is 24.1 Å². The molecule has 1 rings (SSSR count).